The van der Waals surface area contributed by atoms with Gasteiger partial charge in [0.15, 0.2) is 5.78 Å². The molecule has 3 aromatic rings. The predicted octanol–water partition coefficient (Wildman–Crippen LogP) is 4.09. The summed E-state index contributed by atoms with van der Waals surface area (Å²) in [6, 6.07) is 18.8. The highest BCUT2D eigenvalue weighted by molar-refractivity contribution is 6.01. The lowest BCUT2D eigenvalue weighted by Crippen LogP contribution is -2.38. The maximum absolute atomic E-state index is 13.9. The monoisotopic (exact) mass is 457 g/mol. The van der Waals surface area contributed by atoms with Gasteiger partial charge in [0.2, 0.25) is 6.04 Å². The molecule has 0 N–H and O–H groups in total. The molecule has 5 rings (SSSR count). The summed E-state index contributed by atoms with van der Waals surface area (Å²) in [6.45, 7) is 0. The van der Waals surface area contributed by atoms with E-state index in [0.717, 1.165) is 11.1 Å². The Labute approximate surface area is 196 Å². The number of carbonyl (C=O) groups is 1. The van der Waals surface area contributed by atoms with E-state index in [0.29, 0.717) is 22.6 Å². The van der Waals surface area contributed by atoms with E-state index in [1.807, 2.05) is 24.3 Å². The molecule has 0 amide bonds. The van der Waals surface area contributed by atoms with Gasteiger partial charge in [-0.15, -0.1) is 0 Å². The van der Waals surface area contributed by atoms with Crippen molar-refractivity contribution in [1.82, 2.24) is 5.01 Å². The number of nitro groups is 1. The summed E-state index contributed by atoms with van der Waals surface area (Å²) in [6.07, 6.45) is 1.67. The van der Waals surface area contributed by atoms with Crippen LogP contribution in [-0.4, -0.2) is 48.2 Å². The molecule has 2 heterocycles. The highest BCUT2D eigenvalue weighted by atomic mass is 16.6. The number of hydrogen-bond donors (Lipinski definition) is 0. The second-order valence-electron chi connectivity index (χ2n) is 8.31. The fourth-order valence-corrected chi connectivity index (χ4v) is 5.04. The standard InChI is InChI=1S/C26H23N3O5/c1-33-19-11-7-16(8-12-19)22-24(29(31)32)23-21-6-4-3-5-18(21)15-27-28(23)25(22)26(30)17-9-13-20(34-2)14-10-17/h3-15,22-25H,1-2H3/t22-,23-,24+,25+/m1/s1. The van der Waals surface area contributed by atoms with Gasteiger partial charge >= 0.3 is 0 Å². The second-order valence-corrected chi connectivity index (χ2v) is 8.31. The smallest absolute Gasteiger partial charge is 0.248 e. The summed E-state index contributed by atoms with van der Waals surface area (Å²) in [7, 11) is 3.12. The van der Waals surface area contributed by atoms with Crippen molar-refractivity contribution in [2.24, 2.45) is 5.10 Å². The van der Waals surface area contributed by atoms with Gasteiger partial charge in [-0.05, 0) is 47.5 Å². The molecule has 0 spiro atoms. The molecule has 0 radical (unpaired) electrons. The van der Waals surface area contributed by atoms with Crippen LogP contribution in [0.4, 0.5) is 0 Å². The molecule has 8 nitrogen and oxygen atoms in total. The Morgan fingerprint density at radius 1 is 0.941 bits per heavy atom. The zero-order valence-corrected chi connectivity index (χ0v) is 18.7. The summed E-state index contributed by atoms with van der Waals surface area (Å²) in [5.74, 6) is 0.317. The Morgan fingerprint density at radius 2 is 1.56 bits per heavy atom. The Balaban J connectivity index is 1.67. The molecule has 0 saturated carbocycles. The number of benzene rings is 3. The molecule has 0 aromatic heterocycles. The number of Topliss-reactive ketones (excluding diaryl/α,β-unsaturated/α-hetero) is 1. The van der Waals surface area contributed by atoms with Crippen LogP contribution in [0.25, 0.3) is 0 Å². The van der Waals surface area contributed by atoms with Crippen LogP contribution < -0.4 is 9.47 Å². The normalized spacial score (nSPS) is 22.6. The number of methoxy groups -OCH3 is 2. The summed E-state index contributed by atoms with van der Waals surface area (Å²) in [4.78, 5) is 26.1. The predicted molar refractivity (Wildman–Crippen MR) is 126 cm³/mol. The number of ketones is 1. The van der Waals surface area contributed by atoms with Crippen LogP contribution in [0.2, 0.25) is 0 Å². The van der Waals surface area contributed by atoms with E-state index in [1.165, 1.54) is 0 Å². The molecule has 3 aromatic carbocycles. The number of hydrazone groups is 1. The van der Waals surface area contributed by atoms with E-state index in [1.54, 1.807) is 74.0 Å². The first-order valence-electron chi connectivity index (χ1n) is 10.9. The zero-order valence-electron chi connectivity index (χ0n) is 18.7. The maximum atomic E-state index is 13.9. The molecule has 1 saturated heterocycles. The third-order valence-corrected chi connectivity index (χ3v) is 6.63. The summed E-state index contributed by atoms with van der Waals surface area (Å²) < 4.78 is 10.5. The molecule has 2 aliphatic heterocycles. The summed E-state index contributed by atoms with van der Waals surface area (Å²) in [5, 5.41) is 18.7. The molecule has 2 aliphatic rings. The SMILES string of the molecule is COc1ccc(C(=O)[C@@H]2[C@H](c3ccc(OC)cc3)[C@H]([N+](=O)[O-])[C@H]3c4ccccc4C=NN23)cc1. The van der Waals surface area contributed by atoms with Crippen molar-refractivity contribution in [2.45, 2.75) is 24.0 Å². The Morgan fingerprint density at radius 3 is 2.18 bits per heavy atom. The van der Waals surface area contributed by atoms with Gasteiger partial charge < -0.3 is 9.47 Å². The van der Waals surface area contributed by atoms with Crippen LogP contribution in [0, 0.1) is 10.1 Å². The van der Waals surface area contributed by atoms with Crippen molar-refractivity contribution in [1.29, 1.82) is 0 Å². The Hall–Kier alpha value is -4.20. The van der Waals surface area contributed by atoms with E-state index in [4.69, 9.17) is 9.47 Å². The van der Waals surface area contributed by atoms with Crippen molar-refractivity contribution in [3.05, 3.63) is 105 Å². The van der Waals surface area contributed by atoms with Gasteiger partial charge in [0.1, 0.15) is 23.6 Å². The van der Waals surface area contributed by atoms with E-state index in [2.05, 4.69) is 5.10 Å². The van der Waals surface area contributed by atoms with Crippen molar-refractivity contribution in [3.63, 3.8) is 0 Å². The highest BCUT2D eigenvalue weighted by Gasteiger charge is 2.60. The third kappa shape index (κ3) is 3.48. The lowest BCUT2D eigenvalue weighted by atomic mass is 9.82. The number of nitrogens with zero attached hydrogens (tertiary/aromatic N) is 3. The Bertz CT molecular complexity index is 1260. The van der Waals surface area contributed by atoms with Gasteiger partial charge in [-0.2, -0.15) is 5.10 Å². The molecule has 1 fully saturated rings. The first-order valence-corrected chi connectivity index (χ1v) is 10.9. The van der Waals surface area contributed by atoms with Crippen molar-refractivity contribution in [3.8, 4) is 11.5 Å². The average Bonchev–Trinajstić information content (AvgIpc) is 3.24. The fraction of sp³-hybridized carbons (Fsp3) is 0.231. The first kappa shape index (κ1) is 21.6. The number of fused-ring (bicyclic) bond motifs is 3. The van der Waals surface area contributed by atoms with E-state index < -0.39 is 24.0 Å². The molecule has 0 unspecified atom stereocenters. The van der Waals surface area contributed by atoms with Crippen LogP contribution in [0.15, 0.2) is 77.9 Å². The van der Waals surface area contributed by atoms with Crippen molar-refractivity contribution in [2.75, 3.05) is 14.2 Å². The first-order chi connectivity index (χ1) is 16.5. The van der Waals surface area contributed by atoms with Gasteiger partial charge in [0.25, 0.3) is 0 Å². The molecule has 34 heavy (non-hydrogen) atoms. The third-order valence-electron chi connectivity index (χ3n) is 6.63. The van der Waals surface area contributed by atoms with Gasteiger partial charge in [-0.1, -0.05) is 36.4 Å². The van der Waals surface area contributed by atoms with Crippen LogP contribution in [-0.2, 0) is 0 Å². The molecular weight excluding hydrogens is 434 g/mol. The van der Waals surface area contributed by atoms with E-state index in [9.17, 15) is 14.9 Å². The number of carbonyl (C=O) groups excluding carboxylic acids is 1. The van der Waals surface area contributed by atoms with E-state index in [-0.39, 0.29) is 10.7 Å². The van der Waals surface area contributed by atoms with Crippen LogP contribution in [0.1, 0.15) is 39.0 Å². The number of ether oxygens (including phenoxy) is 2. The second kappa shape index (κ2) is 8.62. The average molecular weight is 457 g/mol. The van der Waals surface area contributed by atoms with Gasteiger partial charge in [0.05, 0.1) is 26.4 Å². The molecule has 0 aliphatic carbocycles. The van der Waals surface area contributed by atoms with Gasteiger partial charge in [0, 0.05) is 16.1 Å². The van der Waals surface area contributed by atoms with Crippen LogP contribution in [0.5, 0.6) is 11.5 Å². The number of hydrogen-bond acceptors (Lipinski definition) is 7. The van der Waals surface area contributed by atoms with Crippen LogP contribution in [0.3, 0.4) is 0 Å². The summed E-state index contributed by atoms with van der Waals surface area (Å²) in [5.41, 5.74) is 2.75. The summed E-state index contributed by atoms with van der Waals surface area (Å²) >= 11 is 0. The minimum atomic E-state index is -1.07. The fourth-order valence-electron chi connectivity index (χ4n) is 5.04. The largest absolute Gasteiger partial charge is 0.497 e. The molecular formula is C26H23N3O5. The molecule has 4 atom stereocenters. The maximum Gasteiger partial charge on any atom is 0.248 e. The number of rotatable bonds is 6. The molecule has 172 valence electrons. The van der Waals surface area contributed by atoms with Crippen molar-refractivity contribution >= 4 is 12.0 Å². The molecule has 0 bridgehead atoms. The minimum Gasteiger partial charge on any atom is -0.497 e. The lowest BCUT2D eigenvalue weighted by Gasteiger charge is -2.30. The zero-order chi connectivity index (χ0) is 23.8. The lowest BCUT2D eigenvalue weighted by molar-refractivity contribution is -0.529. The topological polar surface area (TPSA) is 94.3 Å². The highest BCUT2D eigenvalue weighted by Crippen LogP contribution is 2.49. The quantitative estimate of drug-likeness (QED) is 0.314. The minimum absolute atomic E-state index is 0.227. The van der Waals surface area contributed by atoms with Gasteiger partial charge in [-0.25, -0.2) is 0 Å². The van der Waals surface area contributed by atoms with E-state index >= 15 is 0 Å². The van der Waals surface area contributed by atoms with Crippen LogP contribution >= 0.6 is 0 Å². The Kier molecular flexibility index (Phi) is 5.49. The molecule has 8 heteroatoms. The van der Waals surface area contributed by atoms with Crippen molar-refractivity contribution < 1.29 is 19.2 Å². The van der Waals surface area contributed by atoms with Gasteiger partial charge in [-0.3, -0.25) is 19.9 Å².